The molecule has 1 N–H and O–H groups in total. The highest BCUT2D eigenvalue weighted by molar-refractivity contribution is 7.91. The Morgan fingerprint density at radius 2 is 2.10 bits per heavy atom. The maximum absolute atomic E-state index is 12.5. The Hall–Kier alpha value is -1.12. The van der Waals surface area contributed by atoms with E-state index in [1.54, 1.807) is 13.0 Å². The number of hydrogen-bond donors (Lipinski definition) is 1. The highest BCUT2D eigenvalue weighted by Gasteiger charge is 2.30. The number of sulfonamides is 1. The normalized spacial score (nSPS) is 17.6. The van der Waals surface area contributed by atoms with Crippen molar-refractivity contribution in [3.8, 4) is 0 Å². The molecule has 0 bridgehead atoms. The number of carbonyl (C=O) groups excluding carboxylic acids is 1. The van der Waals surface area contributed by atoms with Crippen molar-refractivity contribution in [2.24, 2.45) is 0 Å². The van der Waals surface area contributed by atoms with E-state index >= 15 is 0 Å². The number of hydrogen-bond acceptors (Lipinski definition) is 5. The van der Waals surface area contributed by atoms with Crippen molar-refractivity contribution in [3.05, 3.63) is 17.0 Å². The number of aryl methyl sites for hydroxylation is 1. The summed E-state index contributed by atoms with van der Waals surface area (Å²) in [7, 11) is -3.40. The molecule has 0 atom stereocenters. The molecule has 0 aromatic carbocycles. The molecule has 2 heterocycles. The smallest absolute Gasteiger partial charge is 0.407 e. The second kappa shape index (κ2) is 6.76. The van der Waals surface area contributed by atoms with Crippen molar-refractivity contribution in [2.45, 2.75) is 36.9 Å². The quantitative estimate of drug-likeness (QED) is 0.914. The molecule has 2 rings (SSSR count). The molecule has 1 amide bonds. The number of rotatable bonds is 4. The first kappa shape index (κ1) is 16.3. The van der Waals surface area contributed by atoms with Crippen LogP contribution >= 0.6 is 11.3 Å². The third kappa shape index (κ3) is 3.96. The van der Waals surface area contributed by atoms with Crippen LogP contribution in [0.5, 0.6) is 0 Å². The van der Waals surface area contributed by atoms with Crippen molar-refractivity contribution in [1.82, 2.24) is 9.62 Å². The molecule has 0 spiro atoms. The van der Waals surface area contributed by atoms with Gasteiger partial charge in [0.2, 0.25) is 0 Å². The van der Waals surface area contributed by atoms with E-state index in [2.05, 4.69) is 5.32 Å². The zero-order chi connectivity index (χ0) is 15.5. The van der Waals surface area contributed by atoms with Crippen LogP contribution in [0.3, 0.4) is 0 Å². The van der Waals surface area contributed by atoms with Gasteiger partial charge < -0.3 is 10.1 Å². The molecular weight excluding hydrogens is 312 g/mol. The molecular formula is C13H20N2O4S2. The van der Waals surface area contributed by atoms with Gasteiger partial charge in [-0.1, -0.05) is 0 Å². The topological polar surface area (TPSA) is 75.7 Å². The lowest BCUT2D eigenvalue weighted by atomic mass is 10.1. The standard InChI is InChI=1S/C13H20N2O4S2/c1-3-19-13(16)14-11-6-8-15(9-7-11)21(17,18)12-5-4-10(2)20-12/h4-5,11H,3,6-9H2,1-2H3,(H,14,16). The van der Waals surface area contributed by atoms with E-state index in [0.29, 0.717) is 36.7 Å². The number of thiophene rings is 1. The lowest BCUT2D eigenvalue weighted by Gasteiger charge is -2.30. The molecule has 6 nitrogen and oxygen atoms in total. The number of alkyl carbamates (subject to hydrolysis) is 1. The van der Waals surface area contributed by atoms with Crippen LogP contribution in [0.25, 0.3) is 0 Å². The van der Waals surface area contributed by atoms with Gasteiger partial charge in [0.05, 0.1) is 6.61 Å². The van der Waals surface area contributed by atoms with Crippen LogP contribution in [-0.2, 0) is 14.8 Å². The van der Waals surface area contributed by atoms with Crippen LogP contribution in [0.1, 0.15) is 24.6 Å². The summed E-state index contributed by atoms with van der Waals surface area (Å²) in [6.45, 7) is 4.79. The van der Waals surface area contributed by atoms with Gasteiger partial charge in [-0.05, 0) is 38.8 Å². The average molecular weight is 332 g/mol. The summed E-state index contributed by atoms with van der Waals surface area (Å²) in [4.78, 5) is 12.3. The van der Waals surface area contributed by atoms with Gasteiger partial charge >= 0.3 is 6.09 Å². The molecule has 1 aliphatic rings. The first-order valence-corrected chi connectivity index (χ1v) is 9.19. The molecule has 1 aliphatic heterocycles. The number of ether oxygens (including phenoxy) is 1. The fourth-order valence-electron chi connectivity index (χ4n) is 2.26. The van der Waals surface area contributed by atoms with Crippen molar-refractivity contribution in [3.63, 3.8) is 0 Å². The second-order valence-corrected chi connectivity index (χ2v) is 8.36. The minimum absolute atomic E-state index is 0.0272. The fourth-order valence-corrected chi connectivity index (χ4v) is 5.17. The third-order valence-electron chi connectivity index (χ3n) is 3.36. The summed E-state index contributed by atoms with van der Waals surface area (Å²) in [6.07, 6.45) is 0.762. The van der Waals surface area contributed by atoms with Crippen molar-refractivity contribution in [2.75, 3.05) is 19.7 Å². The van der Waals surface area contributed by atoms with Crippen LogP contribution in [0.4, 0.5) is 4.79 Å². The van der Waals surface area contributed by atoms with E-state index in [4.69, 9.17) is 4.74 Å². The Balaban J connectivity index is 1.93. The lowest BCUT2D eigenvalue weighted by molar-refractivity contribution is 0.143. The molecule has 1 aromatic rings. The molecule has 0 saturated carbocycles. The molecule has 1 saturated heterocycles. The van der Waals surface area contributed by atoms with Gasteiger partial charge in [0.15, 0.2) is 0 Å². The summed E-state index contributed by atoms with van der Waals surface area (Å²) < 4.78 is 31.6. The number of piperidine rings is 1. The number of carbonyl (C=O) groups is 1. The SMILES string of the molecule is CCOC(=O)NC1CCN(S(=O)(=O)c2ccc(C)s2)CC1. The van der Waals surface area contributed by atoms with Crippen molar-refractivity contribution in [1.29, 1.82) is 0 Å². The minimum Gasteiger partial charge on any atom is -0.450 e. The highest BCUT2D eigenvalue weighted by Crippen LogP contribution is 2.26. The zero-order valence-corrected chi connectivity index (χ0v) is 13.8. The van der Waals surface area contributed by atoms with Gasteiger partial charge in [-0.25, -0.2) is 13.2 Å². The molecule has 118 valence electrons. The molecule has 0 unspecified atom stereocenters. The fraction of sp³-hybridized carbons (Fsp3) is 0.615. The first-order chi connectivity index (χ1) is 9.93. The van der Waals surface area contributed by atoms with Crippen LogP contribution in [0, 0.1) is 6.92 Å². The van der Waals surface area contributed by atoms with E-state index < -0.39 is 16.1 Å². The Morgan fingerprint density at radius 1 is 1.43 bits per heavy atom. The molecule has 0 aliphatic carbocycles. The Kier molecular flexibility index (Phi) is 5.23. The monoisotopic (exact) mass is 332 g/mol. The molecule has 1 aromatic heterocycles. The predicted octanol–water partition coefficient (Wildman–Crippen LogP) is 1.96. The van der Waals surface area contributed by atoms with Crippen molar-refractivity contribution < 1.29 is 17.9 Å². The van der Waals surface area contributed by atoms with Gasteiger partial charge in [0.25, 0.3) is 10.0 Å². The van der Waals surface area contributed by atoms with Crippen LogP contribution in [0.15, 0.2) is 16.3 Å². The van der Waals surface area contributed by atoms with Gasteiger partial charge in [0.1, 0.15) is 4.21 Å². The summed E-state index contributed by atoms with van der Waals surface area (Å²) >= 11 is 1.29. The predicted molar refractivity (Wildman–Crippen MR) is 81.0 cm³/mol. The summed E-state index contributed by atoms with van der Waals surface area (Å²) in [5, 5.41) is 2.76. The van der Waals surface area contributed by atoms with Crippen LogP contribution in [-0.4, -0.2) is 44.6 Å². The van der Waals surface area contributed by atoms with E-state index in [0.717, 1.165) is 4.88 Å². The third-order valence-corrected chi connectivity index (χ3v) is 6.73. The number of nitrogens with one attached hydrogen (secondary N) is 1. The van der Waals surface area contributed by atoms with E-state index in [9.17, 15) is 13.2 Å². The molecule has 21 heavy (non-hydrogen) atoms. The average Bonchev–Trinajstić information content (AvgIpc) is 2.87. The van der Waals surface area contributed by atoms with Crippen LogP contribution in [0.2, 0.25) is 0 Å². The van der Waals surface area contributed by atoms with Gasteiger partial charge in [-0.3, -0.25) is 0 Å². The Morgan fingerprint density at radius 3 is 2.62 bits per heavy atom. The van der Waals surface area contributed by atoms with Gasteiger partial charge in [0, 0.05) is 24.0 Å². The number of nitrogens with zero attached hydrogens (tertiary/aromatic N) is 1. The zero-order valence-electron chi connectivity index (χ0n) is 12.2. The molecule has 8 heteroatoms. The van der Waals surface area contributed by atoms with Gasteiger partial charge in [-0.15, -0.1) is 11.3 Å². The van der Waals surface area contributed by atoms with Crippen LogP contribution < -0.4 is 5.32 Å². The maximum atomic E-state index is 12.5. The molecule has 1 fully saturated rings. The Labute approximate surface area is 129 Å². The summed E-state index contributed by atoms with van der Waals surface area (Å²) in [5.74, 6) is 0. The van der Waals surface area contributed by atoms with E-state index in [1.807, 2.05) is 13.0 Å². The largest absolute Gasteiger partial charge is 0.450 e. The van der Waals surface area contributed by atoms with Gasteiger partial charge in [-0.2, -0.15) is 4.31 Å². The minimum atomic E-state index is -3.40. The number of amides is 1. The highest BCUT2D eigenvalue weighted by atomic mass is 32.2. The van der Waals surface area contributed by atoms with E-state index in [1.165, 1.54) is 15.6 Å². The summed E-state index contributed by atoms with van der Waals surface area (Å²) in [6, 6.07) is 3.44. The van der Waals surface area contributed by atoms with E-state index in [-0.39, 0.29) is 6.04 Å². The maximum Gasteiger partial charge on any atom is 0.407 e. The van der Waals surface area contributed by atoms with Crippen molar-refractivity contribution >= 4 is 27.5 Å². The molecule has 0 radical (unpaired) electrons. The lowest BCUT2D eigenvalue weighted by Crippen LogP contribution is -2.46. The Bertz CT molecular complexity index is 589. The second-order valence-electron chi connectivity index (χ2n) is 4.91. The first-order valence-electron chi connectivity index (χ1n) is 6.93. The summed E-state index contributed by atoms with van der Waals surface area (Å²) in [5.41, 5.74) is 0.